The zero-order valence-corrected chi connectivity index (χ0v) is 11.5. The van der Waals surface area contributed by atoms with Crippen molar-refractivity contribution in [3.8, 4) is 0 Å². The molecule has 110 valence electrons. The van der Waals surface area contributed by atoms with Gasteiger partial charge in [0, 0.05) is 13.7 Å². The van der Waals surface area contributed by atoms with E-state index in [4.69, 9.17) is 4.74 Å². The molecule has 0 saturated carbocycles. The quantitative estimate of drug-likeness (QED) is 0.653. The number of benzene rings is 2. The van der Waals surface area contributed by atoms with E-state index < -0.39 is 10.7 Å². The van der Waals surface area contributed by atoms with Crippen molar-refractivity contribution in [3.05, 3.63) is 69.5 Å². The van der Waals surface area contributed by atoms with Crippen LogP contribution in [0.15, 0.2) is 42.5 Å². The largest absolute Gasteiger partial charge is 0.380 e. The van der Waals surface area contributed by atoms with Crippen molar-refractivity contribution in [2.24, 2.45) is 0 Å². The smallest absolute Gasteiger partial charge is 0.295 e. The van der Waals surface area contributed by atoms with Crippen LogP contribution in [-0.2, 0) is 17.9 Å². The predicted molar refractivity (Wildman–Crippen MR) is 77.5 cm³/mol. The molecule has 0 bridgehead atoms. The molecule has 0 aromatic heterocycles. The molecule has 0 fully saturated rings. The summed E-state index contributed by atoms with van der Waals surface area (Å²) in [5, 5.41) is 13.9. The van der Waals surface area contributed by atoms with E-state index in [1.54, 1.807) is 7.11 Å². The van der Waals surface area contributed by atoms with E-state index in [0.717, 1.165) is 17.2 Å². The Kier molecular flexibility index (Phi) is 4.84. The number of methoxy groups -OCH3 is 1. The number of hydrogen-bond acceptors (Lipinski definition) is 4. The van der Waals surface area contributed by atoms with Crippen LogP contribution in [0.1, 0.15) is 11.1 Å². The predicted octanol–water partition coefficient (Wildman–Crippen LogP) is 3.49. The van der Waals surface area contributed by atoms with Gasteiger partial charge in [-0.3, -0.25) is 10.1 Å². The second-order valence-electron chi connectivity index (χ2n) is 4.47. The summed E-state index contributed by atoms with van der Waals surface area (Å²) >= 11 is 0. The molecule has 2 aromatic rings. The van der Waals surface area contributed by atoms with Crippen LogP contribution in [0.25, 0.3) is 0 Å². The van der Waals surface area contributed by atoms with E-state index in [0.29, 0.717) is 13.2 Å². The van der Waals surface area contributed by atoms with Gasteiger partial charge in [0.25, 0.3) is 5.69 Å². The first-order valence-corrected chi connectivity index (χ1v) is 6.35. The molecule has 5 nitrogen and oxygen atoms in total. The minimum absolute atomic E-state index is 0.278. The number of nitro groups is 1. The number of nitro benzene ring substituents is 1. The number of ether oxygens (including phenoxy) is 1. The van der Waals surface area contributed by atoms with Crippen molar-refractivity contribution in [1.82, 2.24) is 0 Å². The molecule has 2 rings (SSSR count). The first kappa shape index (κ1) is 14.9. The molecule has 0 spiro atoms. The standard InChI is InChI=1S/C15H15FN2O3/c1-21-10-12-5-3-2-4-11(12)9-17-14-7-6-13(16)8-15(14)18(19)20/h2-8,17H,9-10H2,1H3. The molecule has 0 unspecified atom stereocenters. The highest BCUT2D eigenvalue weighted by Crippen LogP contribution is 2.25. The van der Waals surface area contributed by atoms with Crippen LogP contribution in [0.4, 0.5) is 15.8 Å². The van der Waals surface area contributed by atoms with E-state index in [-0.39, 0.29) is 11.4 Å². The fourth-order valence-corrected chi connectivity index (χ4v) is 2.02. The van der Waals surface area contributed by atoms with Gasteiger partial charge in [0.15, 0.2) is 0 Å². The average molecular weight is 290 g/mol. The lowest BCUT2D eigenvalue weighted by Crippen LogP contribution is -2.05. The third kappa shape index (κ3) is 3.76. The summed E-state index contributed by atoms with van der Waals surface area (Å²) in [5.74, 6) is -0.632. The fourth-order valence-electron chi connectivity index (χ4n) is 2.02. The highest BCUT2D eigenvalue weighted by Gasteiger charge is 2.14. The van der Waals surface area contributed by atoms with Gasteiger partial charge in [-0.2, -0.15) is 0 Å². The zero-order valence-electron chi connectivity index (χ0n) is 11.5. The Morgan fingerprint density at radius 3 is 2.62 bits per heavy atom. The topological polar surface area (TPSA) is 64.4 Å². The van der Waals surface area contributed by atoms with Gasteiger partial charge in [-0.05, 0) is 23.3 Å². The number of anilines is 1. The second kappa shape index (κ2) is 6.81. The molecule has 0 radical (unpaired) electrons. The summed E-state index contributed by atoms with van der Waals surface area (Å²) in [6.07, 6.45) is 0. The monoisotopic (exact) mass is 290 g/mol. The molecule has 0 aliphatic heterocycles. The number of rotatable bonds is 6. The second-order valence-corrected chi connectivity index (χ2v) is 4.47. The Bertz CT molecular complexity index is 647. The van der Waals surface area contributed by atoms with Crippen molar-refractivity contribution in [2.45, 2.75) is 13.2 Å². The van der Waals surface area contributed by atoms with Crippen LogP contribution in [0.3, 0.4) is 0 Å². The van der Waals surface area contributed by atoms with Crippen LogP contribution < -0.4 is 5.32 Å². The van der Waals surface area contributed by atoms with Gasteiger partial charge in [-0.25, -0.2) is 4.39 Å². The van der Waals surface area contributed by atoms with E-state index in [9.17, 15) is 14.5 Å². The van der Waals surface area contributed by atoms with Crippen molar-refractivity contribution in [3.63, 3.8) is 0 Å². The summed E-state index contributed by atoms with van der Waals surface area (Å²) in [6, 6.07) is 11.1. The van der Waals surface area contributed by atoms with Gasteiger partial charge in [0.1, 0.15) is 11.5 Å². The van der Waals surface area contributed by atoms with E-state index in [2.05, 4.69) is 5.32 Å². The number of nitrogens with one attached hydrogen (secondary N) is 1. The number of hydrogen-bond donors (Lipinski definition) is 1. The van der Waals surface area contributed by atoms with Crippen molar-refractivity contribution in [1.29, 1.82) is 0 Å². The molecular formula is C15H15FN2O3. The summed E-state index contributed by atoms with van der Waals surface area (Å²) < 4.78 is 18.2. The van der Waals surface area contributed by atoms with E-state index >= 15 is 0 Å². The van der Waals surface area contributed by atoms with Crippen molar-refractivity contribution in [2.75, 3.05) is 12.4 Å². The van der Waals surface area contributed by atoms with Gasteiger partial charge < -0.3 is 10.1 Å². The SMILES string of the molecule is COCc1ccccc1CNc1ccc(F)cc1[N+](=O)[O-]. The Morgan fingerprint density at radius 2 is 1.95 bits per heavy atom. The molecule has 1 N–H and O–H groups in total. The average Bonchev–Trinajstić information content (AvgIpc) is 2.47. The molecule has 6 heteroatoms. The fraction of sp³-hybridized carbons (Fsp3) is 0.200. The summed E-state index contributed by atoms with van der Waals surface area (Å²) in [7, 11) is 1.61. The molecule has 0 amide bonds. The third-order valence-corrected chi connectivity index (χ3v) is 3.04. The first-order valence-electron chi connectivity index (χ1n) is 6.35. The Hall–Kier alpha value is -2.47. The summed E-state index contributed by atoms with van der Waals surface area (Å²) in [4.78, 5) is 10.3. The molecule has 21 heavy (non-hydrogen) atoms. The number of halogens is 1. The van der Waals surface area contributed by atoms with Gasteiger partial charge in [-0.15, -0.1) is 0 Å². The van der Waals surface area contributed by atoms with Gasteiger partial charge in [-0.1, -0.05) is 24.3 Å². The van der Waals surface area contributed by atoms with E-state index in [1.807, 2.05) is 24.3 Å². The maximum atomic E-state index is 13.1. The Morgan fingerprint density at radius 1 is 1.24 bits per heavy atom. The van der Waals surface area contributed by atoms with Crippen LogP contribution in [0.5, 0.6) is 0 Å². The molecule has 0 saturated heterocycles. The van der Waals surface area contributed by atoms with Crippen LogP contribution in [-0.4, -0.2) is 12.0 Å². The van der Waals surface area contributed by atoms with Gasteiger partial charge in [0.05, 0.1) is 17.6 Å². The molecule has 0 heterocycles. The molecule has 2 aromatic carbocycles. The van der Waals surface area contributed by atoms with Gasteiger partial charge >= 0.3 is 0 Å². The highest BCUT2D eigenvalue weighted by atomic mass is 19.1. The first-order chi connectivity index (χ1) is 10.1. The highest BCUT2D eigenvalue weighted by molar-refractivity contribution is 5.61. The third-order valence-electron chi connectivity index (χ3n) is 3.04. The molecule has 0 aliphatic rings. The Labute approximate surface area is 121 Å². The van der Waals surface area contributed by atoms with Crippen LogP contribution in [0, 0.1) is 15.9 Å². The lowest BCUT2D eigenvalue weighted by molar-refractivity contribution is -0.384. The van der Waals surface area contributed by atoms with Gasteiger partial charge in [0.2, 0.25) is 0 Å². The molecular weight excluding hydrogens is 275 g/mol. The summed E-state index contributed by atoms with van der Waals surface area (Å²) in [6.45, 7) is 0.857. The summed E-state index contributed by atoms with van der Waals surface area (Å²) in [5.41, 5.74) is 1.98. The van der Waals surface area contributed by atoms with Crippen molar-refractivity contribution >= 4 is 11.4 Å². The molecule has 0 aliphatic carbocycles. The molecule has 0 atom stereocenters. The minimum Gasteiger partial charge on any atom is -0.380 e. The van der Waals surface area contributed by atoms with Crippen molar-refractivity contribution < 1.29 is 14.1 Å². The van der Waals surface area contributed by atoms with Crippen LogP contribution in [0.2, 0.25) is 0 Å². The lowest BCUT2D eigenvalue weighted by atomic mass is 10.1. The minimum atomic E-state index is -0.632. The Balaban J connectivity index is 2.19. The van der Waals surface area contributed by atoms with Crippen LogP contribution >= 0.6 is 0 Å². The maximum absolute atomic E-state index is 13.1. The van der Waals surface area contributed by atoms with E-state index in [1.165, 1.54) is 12.1 Å². The zero-order chi connectivity index (χ0) is 15.2. The maximum Gasteiger partial charge on any atom is 0.295 e. The number of nitrogens with zero attached hydrogens (tertiary/aromatic N) is 1. The normalized spacial score (nSPS) is 10.4. The lowest BCUT2D eigenvalue weighted by Gasteiger charge is -2.11.